The summed E-state index contributed by atoms with van der Waals surface area (Å²) in [5.41, 5.74) is 0. The van der Waals surface area contributed by atoms with Gasteiger partial charge < -0.3 is 14.9 Å². The van der Waals surface area contributed by atoms with E-state index in [1.165, 1.54) is 0 Å². The maximum absolute atomic E-state index is 10.6. The van der Waals surface area contributed by atoms with Crippen LogP contribution in [0.15, 0.2) is 12.2 Å². The molecule has 0 heterocycles. The lowest BCUT2D eigenvalue weighted by molar-refractivity contribution is -0.159. The maximum atomic E-state index is 10.6. The Balaban J connectivity index is 4.02. The van der Waals surface area contributed by atoms with Crippen molar-refractivity contribution < 1.29 is 29.3 Å². The van der Waals surface area contributed by atoms with Crippen LogP contribution < -0.4 is 0 Å². The first-order valence-corrected chi connectivity index (χ1v) is 3.28. The Morgan fingerprint density at radius 1 is 1.23 bits per heavy atom. The fraction of sp³-hybridized carbons (Fsp3) is 0.286. The molecule has 0 bridgehead atoms. The van der Waals surface area contributed by atoms with E-state index in [1.54, 1.807) is 0 Å². The van der Waals surface area contributed by atoms with Crippen LogP contribution in [-0.2, 0) is 19.1 Å². The first-order chi connectivity index (χ1) is 5.93. The molecule has 0 spiro atoms. The van der Waals surface area contributed by atoms with E-state index in [1.807, 2.05) is 0 Å². The second kappa shape index (κ2) is 4.91. The number of carbonyl (C=O) groups is 3. The van der Waals surface area contributed by atoms with Gasteiger partial charge in [0.05, 0.1) is 0 Å². The molecule has 0 aromatic heterocycles. The number of carboxylic acids is 2. The van der Waals surface area contributed by atoms with Gasteiger partial charge in [0, 0.05) is 12.2 Å². The summed E-state index contributed by atoms with van der Waals surface area (Å²) in [6.07, 6.45) is -0.0791. The van der Waals surface area contributed by atoms with Crippen LogP contribution >= 0.6 is 0 Å². The Morgan fingerprint density at radius 2 is 1.77 bits per heavy atom. The van der Waals surface area contributed by atoms with Crippen molar-refractivity contribution in [3.8, 4) is 0 Å². The Hall–Kier alpha value is -1.85. The SMILES string of the molecule is CC(OC(=O)/C=C\C(=O)O)C(=O)O. The number of carbonyl (C=O) groups excluding carboxylic acids is 1. The zero-order valence-corrected chi connectivity index (χ0v) is 6.76. The highest BCUT2D eigenvalue weighted by Crippen LogP contribution is 1.92. The molecule has 0 amide bonds. The normalized spacial score (nSPS) is 12.4. The van der Waals surface area contributed by atoms with Gasteiger partial charge in [0.25, 0.3) is 0 Å². The average Bonchev–Trinajstić information content (AvgIpc) is 2.00. The third-order valence-corrected chi connectivity index (χ3v) is 1.00. The molecule has 0 aliphatic rings. The first-order valence-electron chi connectivity index (χ1n) is 3.28. The first kappa shape index (κ1) is 11.2. The van der Waals surface area contributed by atoms with Gasteiger partial charge >= 0.3 is 17.9 Å². The predicted octanol–water partition coefficient (Wildman–Crippen LogP) is -0.357. The maximum Gasteiger partial charge on any atom is 0.344 e. The highest BCUT2D eigenvalue weighted by molar-refractivity contribution is 5.91. The molecule has 0 aromatic rings. The summed E-state index contributed by atoms with van der Waals surface area (Å²) in [6.45, 7) is 1.16. The van der Waals surface area contributed by atoms with Gasteiger partial charge in [-0.3, -0.25) is 0 Å². The van der Waals surface area contributed by atoms with E-state index in [2.05, 4.69) is 4.74 Å². The molecule has 0 radical (unpaired) electrons. The monoisotopic (exact) mass is 188 g/mol. The minimum atomic E-state index is -1.31. The van der Waals surface area contributed by atoms with Crippen molar-refractivity contribution in [2.24, 2.45) is 0 Å². The molecule has 2 N–H and O–H groups in total. The molecule has 6 nitrogen and oxygen atoms in total. The van der Waals surface area contributed by atoms with Gasteiger partial charge in [-0.25, -0.2) is 14.4 Å². The van der Waals surface area contributed by atoms with Crippen molar-refractivity contribution in [3.63, 3.8) is 0 Å². The minimum absolute atomic E-state index is 0.566. The van der Waals surface area contributed by atoms with Crippen LogP contribution in [0.4, 0.5) is 0 Å². The molecule has 1 atom stereocenters. The third-order valence-electron chi connectivity index (χ3n) is 1.00. The van der Waals surface area contributed by atoms with Gasteiger partial charge in [-0.05, 0) is 6.92 Å². The molecular formula is C7H8O6. The number of carboxylic acid groups (broad SMARTS) is 2. The zero-order chi connectivity index (χ0) is 10.4. The van der Waals surface area contributed by atoms with Crippen LogP contribution in [0, 0.1) is 0 Å². The number of ether oxygens (including phenoxy) is 1. The number of hydrogen-bond acceptors (Lipinski definition) is 4. The molecule has 0 saturated heterocycles. The Kier molecular flexibility index (Phi) is 4.21. The Bertz CT molecular complexity index is 254. The summed E-state index contributed by atoms with van der Waals surface area (Å²) in [5.74, 6) is -3.60. The van der Waals surface area contributed by atoms with Crippen molar-refractivity contribution in [1.29, 1.82) is 0 Å². The van der Waals surface area contributed by atoms with E-state index < -0.39 is 24.0 Å². The van der Waals surface area contributed by atoms with Gasteiger partial charge in [0.15, 0.2) is 6.10 Å². The molecule has 0 fully saturated rings. The van der Waals surface area contributed by atoms with E-state index in [0.29, 0.717) is 12.2 Å². The molecule has 0 aliphatic carbocycles. The summed E-state index contributed by atoms with van der Waals surface area (Å²) in [4.78, 5) is 30.7. The lowest BCUT2D eigenvalue weighted by Gasteiger charge is -2.04. The quantitative estimate of drug-likeness (QED) is 0.461. The number of esters is 1. The van der Waals surface area contributed by atoms with Gasteiger partial charge in [-0.15, -0.1) is 0 Å². The highest BCUT2D eigenvalue weighted by Gasteiger charge is 2.14. The standard InChI is InChI=1S/C7H8O6/c1-4(7(11)12)13-6(10)3-2-5(8)9/h2-4H,1H3,(H,8,9)(H,11,12)/b3-2-. The summed E-state index contributed by atoms with van der Waals surface area (Å²) < 4.78 is 4.27. The lowest BCUT2D eigenvalue weighted by Crippen LogP contribution is -2.22. The van der Waals surface area contributed by atoms with E-state index in [9.17, 15) is 14.4 Å². The second-order valence-corrected chi connectivity index (χ2v) is 2.09. The Labute approximate surface area is 73.4 Å². The molecule has 13 heavy (non-hydrogen) atoms. The molecule has 0 rings (SSSR count). The molecule has 0 saturated carbocycles. The van der Waals surface area contributed by atoms with Gasteiger partial charge in [-0.1, -0.05) is 0 Å². The largest absolute Gasteiger partial charge is 0.479 e. The number of hydrogen-bond donors (Lipinski definition) is 2. The molecule has 6 heteroatoms. The van der Waals surface area contributed by atoms with E-state index >= 15 is 0 Å². The van der Waals surface area contributed by atoms with Crippen LogP contribution in [-0.4, -0.2) is 34.2 Å². The van der Waals surface area contributed by atoms with Crippen molar-refractivity contribution in [1.82, 2.24) is 0 Å². The summed E-state index contributed by atoms with van der Waals surface area (Å²) in [7, 11) is 0. The second-order valence-electron chi connectivity index (χ2n) is 2.09. The van der Waals surface area contributed by atoms with Crippen LogP contribution in [0.1, 0.15) is 6.92 Å². The number of rotatable bonds is 4. The Morgan fingerprint density at radius 3 is 2.15 bits per heavy atom. The molecule has 72 valence electrons. The van der Waals surface area contributed by atoms with E-state index in [4.69, 9.17) is 10.2 Å². The lowest BCUT2D eigenvalue weighted by atomic mass is 10.4. The topological polar surface area (TPSA) is 101 Å². The van der Waals surface area contributed by atoms with Crippen molar-refractivity contribution >= 4 is 17.9 Å². The molecule has 0 aliphatic heterocycles. The average molecular weight is 188 g/mol. The fourth-order valence-corrected chi connectivity index (χ4v) is 0.403. The summed E-state index contributed by atoms with van der Waals surface area (Å²) >= 11 is 0. The van der Waals surface area contributed by atoms with Gasteiger partial charge in [-0.2, -0.15) is 0 Å². The van der Waals surface area contributed by atoms with Crippen LogP contribution in [0.5, 0.6) is 0 Å². The predicted molar refractivity (Wildman–Crippen MR) is 40.0 cm³/mol. The number of aliphatic carboxylic acids is 2. The molecule has 1 unspecified atom stereocenters. The minimum Gasteiger partial charge on any atom is -0.479 e. The van der Waals surface area contributed by atoms with Crippen LogP contribution in [0.3, 0.4) is 0 Å². The molecular weight excluding hydrogens is 180 g/mol. The summed E-state index contributed by atoms with van der Waals surface area (Å²) in [5, 5.41) is 16.4. The van der Waals surface area contributed by atoms with Crippen molar-refractivity contribution in [2.45, 2.75) is 13.0 Å². The fourth-order valence-electron chi connectivity index (χ4n) is 0.403. The van der Waals surface area contributed by atoms with E-state index in [-0.39, 0.29) is 0 Å². The summed E-state index contributed by atoms with van der Waals surface area (Å²) in [6, 6.07) is 0. The smallest absolute Gasteiger partial charge is 0.344 e. The zero-order valence-electron chi connectivity index (χ0n) is 6.76. The highest BCUT2D eigenvalue weighted by atomic mass is 16.6. The van der Waals surface area contributed by atoms with Gasteiger partial charge in [0.2, 0.25) is 0 Å². The van der Waals surface area contributed by atoms with Gasteiger partial charge in [0.1, 0.15) is 0 Å². The third kappa shape index (κ3) is 5.42. The van der Waals surface area contributed by atoms with Crippen molar-refractivity contribution in [2.75, 3.05) is 0 Å². The van der Waals surface area contributed by atoms with Crippen molar-refractivity contribution in [3.05, 3.63) is 12.2 Å². The molecule has 0 aromatic carbocycles. The van der Waals surface area contributed by atoms with Crippen LogP contribution in [0.2, 0.25) is 0 Å². The van der Waals surface area contributed by atoms with E-state index in [0.717, 1.165) is 6.92 Å². The van der Waals surface area contributed by atoms with Crippen LogP contribution in [0.25, 0.3) is 0 Å².